The van der Waals surface area contributed by atoms with Crippen LogP contribution in [0.3, 0.4) is 0 Å². The lowest BCUT2D eigenvalue weighted by Crippen LogP contribution is -2.26. The molecular weight excluding hydrogens is 411 g/mol. The highest BCUT2D eigenvalue weighted by Gasteiger charge is 2.38. The van der Waals surface area contributed by atoms with E-state index in [0.717, 1.165) is 27.5 Å². The summed E-state index contributed by atoms with van der Waals surface area (Å²) in [6.45, 7) is 2.07. The van der Waals surface area contributed by atoms with Gasteiger partial charge in [0, 0.05) is 36.1 Å². The van der Waals surface area contributed by atoms with Gasteiger partial charge in [0.2, 0.25) is 0 Å². The molecule has 162 valence electrons. The van der Waals surface area contributed by atoms with Gasteiger partial charge in [-0.05, 0) is 36.8 Å². The van der Waals surface area contributed by atoms with Crippen molar-refractivity contribution < 1.29 is 4.57 Å². The van der Waals surface area contributed by atoms with Crippen LogP contribution in [-0.2, 0) is 4.57 Å². The second-order valence-corrected chi connectivity index (χ2v) is 11.1. The molecule has 0 aromatic heterocycles. The van der Waals surface area contributed by atoms with Gasteiger partial charge in [0.15, 0.2) is 7.14 Å². The van der Waals surface area contributed by atoms with Crippen LogP contribution in [0.5, 0.6) is 0 Å². The smallest absolute Gasteiger partial charge is 0.168 e. The van der Waals surface area contributed by atoms with Crippen LogP contribution in [0.2, 0.25) is 0 Å². The van der Waals surface area contributed by atoms with E-state index in [1.165, 1.54) is 5.56 Å². The topological polar surface area (TPSA) is 32.3 Å². The third-order valence-electron chi connectivity index (χ3n) is 5.72. The van der Waals surface area contributed by atoms with Crippen molar-refractivity contribution in [2.45, 2.75) is 12.7 Å². The highest BCUT2D eigenvalue weighted by Crippen LogP contribution is 2.57. The van der Waals surface area contributed by atoms with Crippen LogP contribution >= 0.6 is 7.14 Å². The molecule has 4 heteroatoms. The summed E-state index contributed by atoms with van der Waals surface area (Å²) in [5, 5.41) is 5.31. The maximum atomic E-state index is 15.1. The monoisotopic (exact) mass is 440 g/mol. The fourth-order valence-electron chi connectivity index (χ4n) is 3.89. The Hall–Kier alpha value is -3.29. The minimum Gasteiger partial charge on any atom is -0.378 e. The van der Waals surface area contributed by atoms with Gasteiger partial charge in [0.05, 0.1) is 0 Å². The minimum atomic E-state index is -3.10. The predicted molar refractivity (Wildman–Crippen MR) is 138 cm³/mol. The Bertz CT molecular complexity index is 1140. The first-order chi connectivity index (χ1) is 15.5. The minimum absolute atomic E-state index is 0.411. The molecule has 3 nitrogen and oxygen atoms in total. The Morgan fingerprint density at radius 3 is 1.66 bits per heavy atom. The normalized spacial score (nSPS) is 12.2. The quantitative estimate of drug-likeness (QED) is 0.348. The van der Waals surface area contributed by atoms with Crippen LogP contribution in [0.4, 0.5) is 11.4 Å². The summed E-state index contributed by atoms with van der Waals surface area (Å²) in [5.74, 6) is -0.411. The van der Waals surface area contributed by atoms with Gasteiger partial charge in [-0.2, -0.15) is 0 Å². The number of nitrogens with one attached hydrogen (secondary N) is 1. The zero-order chi connectivity index (χ0) is 22.6. The number of anilines is 2. The molecule has 0 fully saturated rings. The second-order valence-electron chi connectivity index (χ2n) is 8.23. The van der Waals surface area contributed by atoms with Crippen LogP contribution < -0.4 is 20.8 Å². The van der Waals surface area contributed by atoms with Gasteiger partial charge in [-0.15, -0.1) is 0 Å². The van der Waals surface area contributed by atoms with E-state index < -0.39 is 12.9 Å². The molecule has 0 amide bonds. The molecule has 0 spiro atoms. The van der Waals surface area contributed by atoms with E-state index >= 15 is 4.57 Å². The maximum Gasteiger partial charge on any atom is 0.168 e. The molecule has 1 N–H and O–H groups in total. The van der Waals surface area contributed by atoms with Crippen LogP contribution in [0.25, 0.3) is 0 Å². The molecule has 4 aromatic rings. The summed E-state index contributed by atoms with van der Waals surface area (Å²) in [5.41, 5.74) is 4.24. The summed E-state index contributed by atoms with van der Waals surface area (Å²) in [7, 11) is 0.950. The lowest BCUT2D eigenvalue weighted by Gasteiger charge is -2.31. The lowest BCUT2D eigenvalue weighted by molar-refractivity contribution is 0.581. The number of rotatable bonds is 7. The molecular formula is C28H29N2OP. The first-order valence-corrected chi connectivity index (χ1v) is 12.6. The second kappa shape index (κ2) is 9.46. The van der Waals surface area contributed by atoms with Gasteiger partial charge >= 0.3 is 0 Å². The summed E-state index contributed by atoms with van der Waals surface area (Å²) in [6, 6.07) is 36.3. The standard InChI is InChI=1S/C28H29N2OP/c1-22-14-18-24(19-15-22)29-28(23-16-20-25(21-17-23)30(2)3)32(31,26-10-6-4-7-11-26)27-12-8-5-9-13-27/h4-21,28-29H,1-3H3. The van der Waals surface area contributed by atoms with E-state index in [0.29, 0.717) is 0 Å². The Morgan fingerprint density at radius 1 is 0.688 bits per heavy atom. The van der Waals surface area contributed by atoms with Gasteiger partial charge in [-0.1, -0.05) is 90.5 Å². The van der Waals surface area contributed by atoms with Crippen molar-refractivity contribution in [3.63, 3.8) is 0 Å². The number of benzene rings is 4. The van der Waals surface area contributed by atoms with E-state index in [1.54, 1.807) is 0 Å². The van der Waals surface area contributed by atoms with Crippen molar-refractivity contribution in [2.75, 3.05) is 24.3 Å². The highest BCUT2D eigenvalue weighted by atomic mass is 31.2. The number of hydrogen-bond acceptors (Lipinski definition) is 3. The van der Waals surface area contributed by atoms with Gasteiger partial charge in [-0.3, -0.25) is 0 Å². The zero-order valence-corrected chi connectivity index (χ0v) is 19.7. The first kappa shape index (κ1) is 21.9. The van der Waals surface area contributed by atoms with E-state index in [4.69, 9.17) is 0 Å². The molecule has 1 atom stereocenters. The summed E-state index contributed by atoms with van der Waals surface area (Å²) in [4.78, 5) is 2.07. The summed E-state index contributed by atoms with van der Waals surface area (Å²) >= 11 is 0. The van der Waals surface area contributed by atoms with Crippen molar-refractivity contribution in [3.8, 4) is 0 Å². The molecule has 0 aliphatic carbocycles. The fraction of sp³-hybridized carbons (Fsp3) is 0.143. The lowest BCUT2D eigenvalue weighted by atomic mass is 10.2. The molecule has 0 aliphatic heterocycles. The zero-order valence-electron chi connectivity index (χ0n) is 18.8. The highest BCUT2D eigenvalue weighted by molar-refractivity contribution is 7.79. The summed E-state index contributed by atoms with van der Waals surface area (Å²) < 4.78 is 15.1. The Kier molecular flexibility index (Phi) is 6.48. The van der Waals surface area contributed by atoms with Crippen molar-refractivity contribution in [1.29, 1.82) is 0 Å². The molecule has 0 saturated heterocycles. The molecule has 0 bridgehead atoms. The van der Waals surface area contributed by atoms with E-state index in [1.807, 2.05) is 74.8 Å². The number of hydrogen-bond donors (Lipinski definition) is 1. The molecule has 4 rings (SSSR count). The first-order valence-electron chi connectivity index (χ1n) is 10.8. The fourth-order valence-corrected chi connectivity index (χ4v) is 6.94. The largest absolute Gasteiger partial charge is 0.378 e. The van der Waals surface area contributed by atoms with Crippen LogP contribution in [0, 0.1) is 6.92 Å². The van der Waals surface area contributed by atoms with E-state index in [2.05, 4.69) is 65.7 Å². The SMILES string of the molecule is Cc1ccc(NC(c2ccc(N(C)C)cc2)P(=O)(c2ccccc2)c2ccccc2)cc1. The van der Waals surface area contributed by atoms with Gasteiger partial charge in [0.1, 0.15) is 5.78 Å². The predicted octanol–water partition coefficient (Wildman–Crippen LogP) is 6.19. The van der Waals surface area contributed by atoms with Crippen LogP contribution in [0.15, 0.2) is 109 Å². The van der Waals surface area contributed by atoms with E-state index in [-0.39, 0.29) is 0 Å². The third kappa shape index (κ3) is 4.49. The van der Waals surface area contributed by atoms with Crippen LogP contribution in [-0.4, -0.2) is 14.1 Å². The Morgan fingerprint density at radius 2 is 1.19 bits per heavy atom. The van der Waals surface area contributed by atoms with Gasteiger partial charge < -0.3 is 14.8 Å². The molecule has 1 unspecified atom stereocenters. The molecule has 0 heterocycles. The van der Waals surface area contributed by atoms with Crippen molar-refractivity contribution in [1.82, 2.24) is 0 Å². The third-order valence-corrected chi connectivity index (χ3v) is 9.01. The Balaban J connectivity index is 1.90. The van der Waals surface area contributed by atoms with Gasteiger partial charge in [0.25, 0.3) is 0 Å². The maximum absolute atomic E-state index is 15.1. The molecule has 0 saturated carbocycles. The van der Waals surface area contributed by atoms with Crippen molar-refractivity contribution in [3.05, 3.63) is 120 Å². The van der Waals surface area contributed by atoms with E-state index in [9.17, 15) is 0 Å². The number of nitrogens with zero attached hydrogens (tertiary/aromatic N) is 1. The summed E-state index contributed by atoms with van der Waals surface area (Å²) in [6.07, 6.45) is 0. The molecule has 32 heavy (non-hydrogen) atoms. The van der Waals surface area contributed by atoms with Crippen molar-refractivity contribution in [2.24, 2.45) is 0 Å². The van der Waals surface area contributed by atoms with Gasteiger partial charge in [-0.25, -0.2) is 0 Å². The van der Waals surface area contributed by atoms with Crippen LogP contribution in [0.1, 0.15) is 16.9 Å². The average Bonchev–Trinajstić information content (AvgIpc) is 2.84. The molecule has 4 aromatic carbocycles. The Labute approximate surface area is 191 Å². The van der Waals surface area contributed by atoms with Crippen molar-refractivity contribution >= 4 is 29.1 Å². The molecule has 0 radical (unpaired) electrons. The average molecular weight is 441 g/mol. The molecule has 0 aliphatic rings. The number of aryl methyl sites for hydroxylation is 1.